The quantitative estimate of drug-likeness (QED) is 0.824. The Labute approximate surface area is 108 Å². The van der Waals surface area contributed by atoms with Crippen molar-refractivity contribution in [2.45, 2.75) is 52.3 Å². The molecule has 0 amide bonds. The Morgan fingerprint density at radius 2 is 2.28 bits per heavy atom. The molecular weight excluding hydrogens is 230 g/mol. The molecule has 2 heterocycles. The Hall–Kier alpha value is -1.01. The molecule has 102 valence electrons. The first-order chi connectivity index (χ1) is 8.66. The predicted octanol–water partition coefficient (Wildman–Crippen LogP) is 1.16. The fourth-order valence-electron chi connectivity index (χ4n) is 2.14. The second kappa shape index (κ2) is 6.24. The van der Waals surface area contributed by atoms with Crippen molar-refractivity contribution in [3.05, 3.63) is 5.82 Å². The zero-order chi connectivity index (χ0) is 13.0. The van der Waals surface area contributed by atoms with E-state index in [4.69, 9.17) is 4.74 Å². The van der Waals surface area contributed by atoms with E-state index in [0.29, 0.717) is 5.92 Å². The lowest BCUT2D eigenvalue weighted by atomic mass is 10.2. The predicted molar refractivity (Wildman–Crippen MR) is 68.0 cm³/mol. The van der Waals surface area contributed by atoms with Crippen molar-refractivity contribution in [3.8, 4) is 0 Å². The van der Waals surface area contributed by atoms with E-state index in [1.807, 2.05) is 4.68 Å². The van der Waals surface area contributed by atoms with E-state index in [1.54, 1.807) is 0 Å². The fourth-order valence-corrected chi connectivity index (χ4v) is 2.14. The lowest BCUT2D eigenvalue weighted by Crippen LogP contribution is -2.27. The van der Waals surface area contributed by atoms with E-state index < -0.39 is 0 Å². The van der Waals surface area contributed by atoms with Crippen LogP contribution < -0.4 is 5.32 Å². The van der Waals surface area contributed by atoms with Gasteiger partial charge in [0.2, 0.25) is 0 Å². The minimum absolute atomic E-state index is 0.170. The third kappa shape index (κ3) is 3.49. The van der Waals surface area contributed by atoms with Gasteiger partial charge in [0.15, 0.2) is 5.82 Å². The number of ether oxygens (including phenoxy) is 1. The third-order valence-electron chi connectivity index (χ3n) is 3.18. The molecule has 1 aromatic heterocycles. The van der Waals surface area contributed by atoms with Crippen molar-refractivity contribution in [1.82, 2.24) is 25.5 Å². The number of hydrogen-bond donors (Lipinski definition) is 1. The van der Waals surface area contributed by atoms with Gasteiger partial charge in [-0.05, 0) is 42.7 Å². The molecule has 1 aliphatic rings. The number of tetrazole rings is 1. The average molecular weight is 253 g/mol. The summed E-state index contributed by atoms with van der Waals surface area (Å²) in [6.07, 6.45) is 2.51. The van der Waals surface area contributed by atoms with E-state index in [-0.39, 0.29) is 12.1 Å². The Bertz CT molecular complexity index is 359. The number of nitrogens with one attached hydrogen (secondary N) is 1. The van der Waals surface area contributed by atoms with Crippen molar-refractivity contribution in [3.63, 3.8) is 0 Å². The van der Waals surface area contributed by atoms with Crippen LogP contribution >= 0.6 is 0 Å². The molecule has 1 fully saturated rings. The maximum Gasteiger partial charge on any atom is 0.168 e. The van der Waals surface area contributed by atoms with Crippen molar-refractivity contribution < 1.29 is 4.74 Å². The minimum atomic E-state index is 0.170. The highest BCUT2D eigenvalue weighted by Gasteiger charge is 2.20. The summed E-state index contributed by atoms with van der Waals surface area (Å²) < 4.78 is 7.49. The molecule has 2 atom stereocenters. The number of nitrogens with zero attached hydrogens (tertiary/aromatic N) is 4. The van der Waals surface area contributed by atoms with Gasteiger partial charge >= 0.3 is 0 Å². The van der Waals surface area contributed by atoms with Crippen LogP contribution in [0.4, 0.5) is 0 Å². The lowest BCUT2D eigenvalue weighted by Gasteiger charge is -2.16. The van der Waals surface area contributed by atoms with Crippen molar-refractivity contribution in [2.24, 2.45) is 5.92 Å². The maximum absolute atomic E-state index is 5.62. The lowest BCUT2D eigenvalue weighted by molar-refractivity contribution is 0.0922. The van der Waals surface area contributed by atoms with Crippen molar-refractivity contribution in [2.75, 3.05) is 13.2 Å². The first kappa shape index (κ1) is 13.4. The van der Waals surface area contributed by atoms with Gasteiger partial charge in [-0.25, -0.2) is 4.68 Å². The average Bonchev–Trinajstić information content (AvgIpc) is 2.97. The molecule has 0 radical (unpaired) electrons. The van der Waals surface area contributed by atoms with Crippen LogP contribution in [0.2, 0.25) is 0 Å². The molecule has 1 saturated heterocycles. The normalized spacial score (nSPS) is 21.7. The topological polar surface area (TPSA) is 64.9 Å². The summed E-state index contributed by atoms with van der Waals surface area (Å²) in [6, 6.07) is 0.170. The molecule has 0 bridgehead atoms. The van der Waals surface area contributed by atoms with Gasteiger partial charge in [-0.15, -0.1) is 5.10 Å². The van der Waals surface area contributed by atoms with Crippen LogP contribution in [0, 0.1) is 5.92 Å². The summed E-state index contributed by atoms with van der Waals surface area (Å²) in [5.74, 6) is 1.51. The second-order valence-electron chi connectivity index (χ2n) is 5.38. The van der Waals surface area contributed by atoms with Crippen molar-refractivity contribution >= 4 is 0 Å². The van der Waals surface area contributed by atoms with Crippen LogP contribution in [-0.2, 0) is 11.3 Å². The standard InChI is InChI=1S/C12H23N5O/c1-9(2)7-13-10(3)12-14-15-16-17(12)8-11-5-4-6-18-11/h9-11,13H,4-8H2,1-3H3. The zero-order valence-corrected chi connectivity index (χ0v) is 11.5. The van der Waals surface area contributed by atoms with Gasteiger partial charge in [-0.2, -0.15) is 0 Å². The first-order valence-electron chi connectivity index (χ1n) is 6.78. The summed E-state index contributed by atoms with van der Waals surface area (Å²) in [5, 5.41) is 15.4. The number of aromatic nitrogens is 4. The number of hydrogen-bond acceptors (Lipinski definition) is 5. The Morgan fingerprint density at radius 3 is 2.94 bits per heavy atom. The van der Waals surface area contributed by atoms with E-state index in [2.05, 4.69) is 41.6 Å². The van der Waals surface area contributed by atoms with E-state index >= 15 is 0 Å². The Morgan fingerprint density at radius 1 is 1.44 bits per heavy atom. The third-order valence-corrected chi connectivity index (χ3v) is 3.18. The van der Waals surface area contributed by atoms with E-state index in [9.17, 15) is 0 Å². The van der Waals surface area contributed by atoms with Gasteiger partial charge in [0.1, 0.15) is 0 Å². The van der Waals surface area contributed by atoms with Gasteiger partial charge in [0.05, 0.1) is 18.7 Å². The molecule has 18 heavy (non-hydrogen) atoms. The van der Waals surface area contributed by atoms with E-state index in [0.717, 1.165) is 38.4 Å². The molecule has 1 aromatic rings. The van der Waals surface area contributed by atoms with Gasteiger partial charge < -0.3 is 10.1 Å². The van der Waals surface area contributed by atoms with Crippen LogP contribution in [-0.4, -0.2) is 39.5 Å². The monoisotopic (exact) mass is 253 g/mol. The van der Waals surface area contributed by atoms with Gasteiger partial charge in [-0.1, -0.05) is 13.8 Å². The van der Waals surface area contributed by atoms with Gasteiger partial charge in [-0.3, -0.25) is 0 Å². The minimum Gasteiger partial charge on any atom is -0.376 e. The Kier molecular flexibility index (Phi) is 4.66. The molecule has 1 N–H and O–H groups in total. The molecule has 1 aliphatic heterocycles. The zero-order valence-electron chi connectivity index (χ0n) is 11.5. The molecule has 6 nitrogen and oxygen atoms in total. The van der Waals surface area contributed by atoms with Crippen LogP contribution in [0.25, 0.3) is 0 Å². The molecule has 0 spiro atoms. The maximum atomic E-state index is 5.62. The molecule has 2 unspecified atom stereocenters. The summed E-state index contributed by atoms with van der Waals surface area (Å²) in [7, 11) is 0. The van der Waals surface area contributed by atoms with Crippen molar-refractivity contribution in [1.29, 1.82) is 0 Å². The molecular formula is C12H23N5O. The Balaban J connectivity index is 1.93. The molecule has 0 aliphatic carbocycles. The smallest absolute Gasteiger partial charge is 0.168 e. The summed E-state index contributed by atoms with van der Waals surface area (Å²) in [4.78, 5) is 0. The summed E-state index contributed by atoms with van der Waals surface area (Å²) in [6.45, 7) is 9.07. The molecule has 6 heteroatoms. The highest BCUT2D eigenvalue weighted by atomic mass is 16.5. The largest absolute Gasteiger partial charge is 0.376 e. The van der Waals surface area contributed by atoms with Crippen LogP contribution in [0.5, 0.6) is 0 Å². The SMILES string of the molecule is CC(C)CNC(C)c1nnnn1CC1CCCO1. The second-order valence-corrected chi connectivity index (χ2v) is 5.38. The van der Waals surface area contributed by atoms with Gasteiger partial charge in [0.25, 0.3) is 0 Å². The van der Waals surface area contributed by atoms with Crippen LogP contribution in [0.1, 0.15) is 45.5 Å². The van der Waals surface area contributed by atoms with Crippen LogP contribution in [0.15, 0.2) is 0 Å². The first-order valence-corrected chi connectivity index (χ1v) is 6.78. The summed E-state index contributed by atoms with van der Waals surface area (Å²) in [5.41, 5.74) is 0. The number of rotatable bonds is 6. The molecule has 0 aromatic carbocycles. The fraction of sp³-hybridized carbons (Fsp3) is 0.917. The van der Waals surface area contributed by atoms with Crippen LogP contribution in [0.3, 0.4) is 0 Å². The van der Waals surface area contributed by atoms with Gasteiger partial charge in [0, 0.05) is 6.61 Å². The summed E-state index contributed by atoms with van der Waals surface area (Å²) >= 11 is 0. The van der Waals surface area contributed by atoms with E-state index in [1.165, 1.54) is 0 Å². The molecule has 2 rings (SSSR count). The molecule has 0 saturated carbocycles. The highest BCUT2D eigenvalue weighted by Crippen LogP contribution is 2.16. The highest BCUT2D eigenvalue weighted by molar-refractivity contribution is 4.90.